The van der Waals surface area contributed by atoms with Crippen molar-refractivity contribution >= 4 is 57.5 Å². The second-order valence-corrected chi connectivity index (χ2v) is 10.1. The molecule has 3 aromatic rings. The van der Waals surface area contributed by atoms with Crippen LogP contribution in [0.25, 0.3) is 6.08 Å². The van der Waals surface area contributed by atoms with Gasteiger partial charge in [0.05, 0.1) is 5.56 Å². The van der Waals surface area contributed by atoms with Crippen molar-refractivity contribution in [2.24, 2.45) is 5.73 Å². The molecule has 2 heterocycles. The predicted octanol–water partition coefficient (Wildman–Crippen LogP) is 4.72. The Morgan fingerprint density at radius 1 is 1.05 bits per heavy atom. The van der Waals surface area contributed by atoms with E-state index in [0.29, 0.717) is 40.8 Å². The predicted molar refractivity (Wildman–Crippen MR) is 149 cm³/mol. The van der Waals surface area contributed by atoms with Crippen molar-refractivity contribution in [3.63, 3.8) is 0 Å². The van der Waals surface area contributed by atoms with Crippen LogP contribution in [0.5, 0.6) is 0 Å². The number of rotatable bonds is 9. The first kappa shape index (κ1) is 26.4. The van der Waals surface area contributed by atoms with Crippen LogP contribution >= 0.6 is 22.9 Å². The molecule has 0 bridgehead atoms. The normalized spacial score (nSPS) is 13.2. The molecule has 4 amide bonds. The Morgan fingerprint density at radius 3 is 2.54 bits per heavy atom. The zero-order valence-electron chi connectivity index (χ0n) is 20.1. The fourth-order valence-electron chi connectivity index (χ4n) is 4.10. The number of carbonyl (C=O) groups is 3. The van der Waals surface area contributed by atoms with Crippen LogP contribution in [-0.4, -0.2) is 42.4 Å². The highest BCUT2D eigenvalue weighted by Crippen LogP contribution is 2.37. The van der Waals surface area contributed by atoms with Crippen LogP contribution in [0.3, 0.4) is 0 Å². The maximum Gasteiger partial charge on any atom is 0.324 e. The number of amides is 4. The molecule has 1 aliphatic rings. The molecule has 0 saturated carbocycles. The summed E-state index contributed by atoms with van der Waals surface area (Å²) in [6.45, 7) is 2.78. The standard InChI is InChI=1S/C27H28ClN5O3S/c28-19-8-10-20(11-9-19)31-27(36)32-26-24(25(29)35)21-13-16-33(17-22(21)37-26)15-4-14-30-23(34)12-7-18-5-2-1-3-6-18/h1-3,5-12H,4,13-17H2,(H2,29,35)(H,30,34)(H2,31,32,36). The molecule has 2 aromatic carbocycles. The molecule has 5 N–H and O–H groups in total. The summed E-state index contributed by atoms with van der Waals surface area (Å²) in [7, 11) is 0. The SMILES string of the molecule is NC(=O)c1c(NC(=O)Nc2ccc(Cl)cc2)sc2c1CCN(CCCNC(=O)C=Cc1ccccc1)C2. The summed E-state index contributed by atoms with van der Waals surface area (Å²) in [5.41, 5.74) is 8.51. The molecule has 10 heteroatoms. The highest BCUT2D eigenvalue weighted by Gasteiger charge is 2.27. The van der Waals surface area contributed by atoms with E-state index in [0.717, 1.165) is 35.5 Å². The molecule has 0 atom stereocenters. The molecule has 0 saturated heterocycles. The van der Waals surface area contributed by atoms with Gasteiger partial charge >= 0.3 is 6.03 Å². The smallest absolute Gasteiger partial charge is 0.324 e. The number of urea groups is 1. The number of primary amides is 1. The van der Waals surface area contributed by atoms with Gasteiger partial charge in [-0.2, -0.15) is 0 Å². The largest absolute Gasteiger partial charge is 0.365 e. The first-order valence-corrected chi connectivity index (χ1v) is 13.1. The van der Waals surface area contributed by atoms with Gasteiger partial charge in [0.2, 0.25) is 5.91 Å². The quantitative estimate of drug-likeness (QED) is 0.233. The fraction of sp³-hybridized carbons (Fsp3) is 0.222. The summed E-state index contributed by atoms with van der Waals surface area (Å²) >= 11 is 7.26. The summed E-state index contributed by atoms with van der Waals surface area (Å²) in [4.78, 5) is 40.1. The van der Waals surface area contributed by atoms with Crippen molar-refractivity contribution in [2.75, 3.05) is 30.3 Å². The van der Waals surface area contributed by atoms with E-state index in [-0.39, 0.29) is 5.91 Å². The van der Waals surface area contributed by atoms with Crippen molar-refractivity contribution < 1.29 is 14.4 Å². The molecule has 37 heavy (non-hydrogen) atoms. The molecule has 192 valence electrons. The van der Waals surface area contributed by atoms with E-state index in [1.165, 1.54) is 17.4 Å². The van der Waals surface area contributed by atoms with Crippen LogP contribution in [-0.2, 0) is 17.8 Å². The maximum absolute atomic E-state index is 12.5. The van der Waals surface area contributed by atoms with Gasteiger partial charge in [-0.15, -0.1) is 11.3 Å². The number of anilines is 2. The summed E-state index contributed by atoms with van der Waals surface area (Å²) in [6.07, 6.45) is 4.78. The highest BCUT2D eigenvalue weighted by atomic mass is 35.5. The zero-order chi connectivity index (χ0) is 26.2. The lowest BCUT2D eigenvalue weighted by Gasteiger charge is -2.26. The number of benzene rings is 2. The van der Waals surface area contributed by atoms with Crippen molar-refractivity contribution in [3.8, 4) is 0 Å². The van der Waals surface area contributed by atoms with Gasteiger partial charge in [0.1, 0.15) is 5.00 Å². The Bertz CT molecular complexity index is 1290. The van der Waals surface area contributed by atoms with Gasteiger partial charge in [-0.3, -0.25) is 19.8 Å². The minimum Gasteiger partial charge on any atom is -0.365 e. The number of hydrogen-bond donors (Lipinski definition) is 4. The summed E-state index contributed by atoms with van der Waals surface area (Å²) in [5, 5.41) is 9.44. The van der Waals surface area contributed by atoms with Gasteiger partial charge in [0.25, 0.3) is 5.91 Å². The number of thiophene rings is 1. The van der Waals surface area contributed by atoms with Crippen LogP contribution in [0.1, 0.15) is 32.8 Å². The van der Waals surface area contributed by atoms with Crippen LogP contribution in [0.15, 0.2) is 60.7 Å². The average molecular weight is 538 g/mol. The summed E-state index contributed by atoms with van der Waals surface area (Å²) in [5.74, 6) is -0.680. The lowest BCUT2D eigenvalue weighted by atomic mass is 10.0. The van der Waals surface area contributed by atoms with Crippen LogP contribution in [0, 0.1) is 0 Å². The summed E-state index contributed by atoms with van der Waals surface area (Å²) in [6, 6.07) is 15.9. The molecular formula is C27H28ClN5O3S. The van der Waals surface area contributed by atoms with Gasteiger partial charge in [-0.1, -0.05) is 41.9 Å². The van der Waals surface area contributed by atoms with Crippen molar-refractivity contribution in [1.29, 1.82) is 0 Å². The lowest BCUT2D eigenvalue weighted by Crippen LogP contribution is -2.33. The average Bonchev–Trinajstić information content (AvgIpc) is 3.24. The minimum absolute atomic E-state index is 0.123. The number of nitrogens with one attached hydrogen (secondary N) is 3. The maximum atomic E-state index is 12.5. The molecule has 0 spiro atoms. The Labute approximate surface area is 224 Å². The van der Waals surface area contributed by atoms with E-state index in [1.807, 2.05) is 30.3 Å². The molecule has 4 rings (SSSR count). The van der Waals surface area contributed by atoms with E-state index in [9.17, 15) is 14.4 Å². The highest BCUT2D eigenvalue weighted by molar-refractivity contribution is 7.17. The Kier molecular flexibility index (Phi) is 8.95. The van der Waals surface area contributed by atoms with Gasteiger partial charge in [0.15, 0.2) is 0 Å². The second kappa shape index (κ2) is 12.5. The van der Waals surface area contributed by atoms with Gasteiger partial charge < -0.3 is 16.4 Å². The minimum atomic E-state index is -0.556. The lowest BCUT2D eigenvalue weighted by molar-refractivity contribution is -0.116. The van der Waals surface area contributed by atoms with E-state index in [1.54, 1.807) is 30.3 Å². The molecule has 0 fully saturated rings. The molecule has 0 aliphatic carbocycles. The Balaban J connectivity index is 1.28. The van der Waals surface area contributed by atoms with Crippen LogP contribution in [0.4, 0.5) is 15.5 Å². The first-order chi connectivity index (χ1) is 17.9. The molecule has 0 unspecified atom stereocenters. The number of nitrogens with two attached hydrogens (primary N) is 1. The Morgan fingerprint density at radius 2 is 1.81 bits per heavy atom. The molecule has 8 nitrogen and oxygen atoms in total. The monoisotopic (exact) mass is 537 g/mol. The number of hydrogen-bond acceptors (Lipinski definition) is 5. The van der Waals surface area contributed by atoms with Crippen LogP contribution in [0.2, 0.25) is 5.02 Å². The fourth-order valence-corrected chi connectivity index (χ4v) is 5.52. The number of nitrogens with zero attached hydrogens (tertiary/aromatic N) is 1. The molecular weight excluding hydrogens is 510 g/mol. The van der Waals surface area contributed by atoms with E-state index >= 15 is 0 Å². The van der Waals surface area contributed by atoms with E-state index in [2.05, 4.69) is 20.9 Å². The molecule has 0 radical (unpaired) electrons. The summed E-state index contributed by atoms with van der Waals surface area (Å²) < 4.78 is 0. The third kappa shape index (κ3) is 7.42. The zero-order valence-corrected chi connectivity index (χ0v) is 21.7. The van der Waals surface area contributed by atoms with Crippen molar-refractivity contribution in [3.05, 3.63) is 87.3 Å². The topological polar surface area (TPSA) is 117 Å². The van der Waals surface area contributed by atoms with Gasteiger partial charge in [0, 0.05) is 47.8 Å². The first-order valence-electron chi connectivity index (χ1n) is 11.9. The van der Waals surface area contributed by atoms with Crippen molar-refractivity contribution in [2.45, 2.75) is 19.4 Å². The number of fused-ring (bicyclic) bond motifs is 1. The second-order valence-electron chi connectivity index (χ2n) is 8.57. The molecule has 1 aliphatic heterocycles. The van der Waals surface area contributed by atoms with E-state index < -0.39 is 11.9 Å². The van der Waals surface area contributed by atoms with E-state index in [4.69, 9.17) is 17.3 Å². The number of halogens is 1. The molecule has 1 aromatic heterocycles. The Hall–Kier alpha value is -3.66. The van der Waals surface area contributed by atoms with Crippen LogP contribution < -0.4 is 21.7 Å². The third-order valence-corrected chi connectivity index (χ3v) is 7.27. The van der Waals surface area contributed by atoms with Crippen molar-refractivity contribution in [1.82, 2.24) is 10.2 Å². The number of carbonyl (C=O) groups excluding carboxylic acids is 3. The third-order valence-electron chi connectivity index (χ3n) is 5.89. The van der Waals surface area contributed by atoms with Gasteiger partial charge in [-0.25, -0.2) is 4.79 Å². The van der Waals surface area contributed by atoms with Gasteiger partial charge in [-0.05, 0) is 54.3 Å².